The van der Waals surface area contributed by atoms with Crippen LogP contribution in [0.15, 0.2) is 53.0 Å². The topological polar surface area (TPSA) is 106 Å². The molecule has 0 bridgehead atoms. The molecule has 0 fully saturated rings. The highest BCUT2D eigenvalue weighted by atomic mass is 79.9. The van der Waals surface area contributed by atoms with Crippen LogP contribution in [0.4, 0.5) is 11.5 Å². The summed E-state index contributed by atoms with van der Waals surface area (Å²) >= 11 is 3.19. The number of benzene rings is 2. The monoisotopic (exact) mass is 408 g/mol. The number of nitriles is 1. The Kier molecular flexibility index (Phi) is 4.69. The van der Waals surface area contributed by atoms with Crippen molar-refractivity contribution in [2.24, 2.45) is 0 Å². The molecule has 0 radical (unpaired) electrons. The van der Waals surface area contributed by atoms with Gasteiger partial charge in [0, 0.05) is 22.9 Å². The van der Waals surface area contributed by atoms with Gasteiger partial charge in [-0.1, -0.05) is 36.4 Å². The molecule has 0 unspecified atom stereocenters. The third-order valence-electron chi connectivity index (χ3n) is 4.01. The van der Waals surface area contributed by atoms with Crippen molar-refractivity contribution in [3.05, 3.63) is 74.4 Å². The summed E-state index contributed by atoms with van der Waals surface area (Å²) in [5.74, 6) is 0.102. The number of hydrogen-bond acceptors (Lipinski definition) is 5. The number of nitrogens with zero attached hydrogens (tertiary/aromatic N) is 3. The van der Waals surface area contributed by atoms with Crippen molar-refractivity contribution in [3.63, 3.8) is 0 Å². The second-order valence-electron chi connectivity index (χ2n) is 5.61. The number of pyridine rings is 1. The third kappa shape index (κ3) is 3.03. The minimum atomic E-state index is -0.473. The number of aryl methyl sites for hydroxylation is 1. The average Bonchev–Trinajstić information content (AvgIpc) is 2.62. The summed E-state index contributed by atoms with van der Waals surface area (Å²) < 4.78 is 0.366. The molecular formula is C19H13BrN4O2. The number of anilines is 1. The Bertz CT molecular complexity index is 1060. The zero-order valence-electron chi connectivity index (χ0n) is 13.7. The Morgan fingerprint density at radius 1 is 1.15 bits per heavy atom. The predicted molar refractivity (Wildman–Crippen MR) is 103 cm³/mol. The lowest BCUT2D eigenvalue weighted by molar-refractivity contribution is -0.385. The van der Waals surface area contributed by atoms with Crippen LogP contribution in [0.3, 0.4) is 0 Å². The van der Waals surface area contributed by atoms with E-state index in [0.29, 0.717) is 21.3 Å². The average molecular weight is 409 g/mol. The lowest BCUT2D eigenvalue weighted by atomic mass is 9.90. The first-order chi connectivity index (χ1) is 12.4. The van der Waals surface area contributed by atoms with Crippen molar-refractivity contribution < 1.29 is 4.92 Å². The standard InChI is InChI=1S/C19H13BrN4O2/c1-11-17(12-5-3-2-4-6-12)18(14(10-21)19(22)23-11)13-7-8-15(20)16(9-13)24(25)26/h2-9H,1H3,(H2,22,23). The van der Waals surface area contributed by atoms with E-state index >= 15 is 0 Å². The molecule has 0 amide bonds. The van der Waals surface area contributed by atoms with Gasteiger partial charge in [0.25, 0.3) is 5.69 Å². The van der Waals surface area contributed by atoms with Crippen molar-refractivity contribution in [2.45, 2.75) is 6.92 Å². The van der Waals surface area contributed by atoms with E-state index in [9.17, 15) is 15.4 Å². The highest BCUT2D eigenvalue weighted by Crippen LogP contribution is 2.40. The van der Waals surface area contributed by atoms with Crippen molar-refractivity contribution >= 4 is 27.4 Å². The molecule has 0 aliphatic carbocycles. The van der Waals surface area contributed by atoms with Crippen LogP contribution >= 0.6 is 15.9 Å². The normalized spacial score (nSPS) is 10.3. The fourth-order valence-corrected chi connectivity index (χ4v) is 3.29. The Hall–Kier alpha value is -3.24. The molecule has 0 aliphatic heterocycles. The van der Waals surface area contributed by atoms with E-state index < -0.39 is 4.92 Å². The molecule has 0 saturated heterocycles. The van der Waals surface area contributed by atoms with Crippen molar-refractivity contribution in [2.75, 3.05) is 5.73 Å². The number of halogens is 1. The quantitative estimate of drug-likeness (QED) is 0.492. The molecule has 2 aromatic carbocycles. The van der Waals surface area contributed by atoms with Crippen LogP contribution in [0.5, 0.6) is 0 Å². The van der Waals surface area contributed by atoms with Gasteiger partial charge in [0.15, 0.2) is 0 Å². The summed E-state index contributed by atoms with van der Waals surface area (Å²) in [7, 11) is 0. The van der Waals surface area contributed by atoms with Gasteiger partial charge in [0.05, 0.1) is 9.40 Å². The highest BCUT2D eigenvalue weighted by Gasteiger charge is 2.22. The summed E-state index contributed by atoms with van der Waals surface area (Å²) in [4.78, 5) is 15.1. The van der Waals surface area contributed by atoms with Crippen LogP contribution < -0.4 is 5.73 Å². The van der Waals surface area contributed by atoms with Crippen LogP contribution in [0.1, 0.15) is 11.3 Å². The van der Waals surface area contributed by atoms with E-state index in [0.717, 1.165) is 11.1 Å². The van der Waals surface area contributed by atoms with Crippen LogP contribution in [-0.4, -0.2) is 9.91 Å². The van der Waals surface area contributed by atoms with E-state index in [2.05, 4.69) is 27.0 Å². The molecule has 0 aliphatic rings. The van der Waals surface area contributed by atoms with Crippen LogP contribution in [-0.2, 0) is 0 Å². The summed E-state index contributed by atoms with van der Waals surface area (Å²) in [5, 5.41) is 21.0. The molecule has 2 N–H and O–H groups in total. The lowest BCUT2D eigenvalue weighted by Gasteiger charge is -2.16. The Labute approximate surface area is 158 Å². The SMILES string of the molecule is Cc1nc(N)c(C#N)c(-c2ccc(Br)c([N+](=O)[O-])c2)c1-c1ccccc1. The maximum Gasteiger partial charge on any atom is 0.284 e. The fraction of sp³-hybridized carbons (Fsp3) is 0.0526. The second kappa shape index (κ2) is 6.94. The van der Waals surface area contributed by atoms with Gasteiger partial charge < -0.3 is 5.73 Å². The molecule has 26 heavy (non-hydrogen) atoms. The smallest absolute Gasteiger partial charge is 0.284 e. The van der Waals surface area contributed by atoms with Crippen LogP contribution in [0.2, 0.25) is 0 Å². The lowest BCUT2D eigenvalue weighted by Crippen LogP contribution is -2.03. The molecule has 0 spiro atoms. The number of nitrogen functional groups attached to an aromatic ring is 1. The summed E-state index contributed by atoms with van der Waals surface area (Å²) in [6.07, 6.45) is 0. The zero-order valence-corrected chi connectivity index (χ0v) is 15.3. The van der Waals surface area contributed by atoms with E-state index in [1.54, 1.807) is 19.1 Å². The highest BCUT2D eigenvalue weighted by molar-refractivity contribution is 9.10. The molecule has 128 valence electrons. The zero-order chi connectivity index (χ0) is 18.8. The number of hydrogen-bond donors (Lipinski definition) is 1. The Morgan fingerprint density at radius 3 is 2.46 bits per heavy atom. The largest absolute Gasteiger partial charge is 0.383 e. The van der Waals surface area contributed by atoms with Crippen LogP contribution in [0, 0.1) is 28.4 Å². The predicted octanol–water partition coefficient (Wildman–Crippen LogP) is 4.85. The van der Waals surface area contributed by atoms with Gasteiger partial charge in [0.2, 0.25) is 0 Å². The van der Waals surface area contributed by atoms with Gasteiger partial charge in [0.1, 0.15) is 17.5 Å². The van der Waals surface area contributed by atoms with E-state index in [1.165, 1.54) is 6.07 Å². The molecule has 1 aromatic heterocycles. The summed E-state index contributed by atoms with van der Waals surface area (Å²) in [5.41, 5.74) is 9.39. The molecule has 3 rings (SSSR count). The number of nitro groups is 1. The minimum absolute atomic E-state index is 0.0848. The van der Waals surface area contributed by atoms with Crippen molar-refractivity contribution in [1.82, 2.24) is 4.98 Å². The number of nitrogens with two attached hydrogens (primary N) is 1. The number of rotatable bonds is 3. The summed E-state index contributed by atoms with van der Waals surface area (Å²) in [6, 6.07) is 16.3. The number of nitro benzene ring substituents is 1. The molecule has 7 heteroatoms. The van der Waals surface area contributed by atoms with Gasteiger partial charge in [-0.3, -0.25) is 10.1 Å². The molecule has 0 saturated carbocycles. The summed E-state index contributed by atoms with van der Waals surface area (Å²) in [6.45, 7) is 1.80. The fourth-order valence-electron chi connectivity index (χ4n) is 2.89. The van der Waals surface area contributed by atoms with Crippen LogP contribution in [0.25, 0.3) is 22.3 Å². The van der Waals surface area contributed by atoms with E-state index in [1.807, 2.05) is 30.3 Å². The van der Waals surface area contributed by atoms with Gasteiger partial charge in [-0.25, -0.2) is 4.98 Å². The number of aromatic nitrogens is 1. The molecule has 0 atom stereocenters. The Morgan fingerprint density at radius 2 is 1.85 bits per heavy atom. The maximum absolute atomic E-state index is 11.3. The first-order valence-electron chi connectivity index (χ1n) is 7.64. The first kappa shape index (κ1) is 17.6. The third-order valence-corrected chi connectivity index (χ3v) is 4.68. The molecular weight excluding hydrogens is 396 g/mol. The Balaban J connectivity index is 2.42. The minimum Gasteiger partial charge on any atom is -0.383 e. The first-order valence-corrected chi connectivity index (χ1v) is 8.43. The maximum atomic E-state index is 11.3. The molecule has 6 nitrogen and oxygen atoms in total. The molecule has 3 aromatic rings. The van der Waals surface area contributed by atoms with Gasteiger partial charge in [-0.2, -0.15) is 5.26 Å². The van der Waals surface area contributed by atoms with E-state index in [-0.39, 0.29) is 17.1 Å². The van der Waals surface area contributed by atoms with Gasteiger partial charge >= 0.3 is 0 Å². The molecule has 1 heterocycles. The van der Waals surface area contributed by atoms with E-state index in [4.69, 9.17) is 5.73 Å². The van der Waals surface area contributed by atoms with Gasteiger partial charge in [-0.05, 0) is 40.0 Å². The van der Waals surface area contributed by atoms with Crippen molar-refractivity contribution in [3.8, 4) is 28.3 Å². The second-order valence-corrected chi connectivity index (χ2v) is 6.46. The van der Waals surface area contributed by atoms with Gasteiger partial charge in [-0.15, -0.1) is 0 Å². The van der Waals surface area contributed by atoms with Crippen molar-refractivity contribution in [1.29, 1.82) is 5.26 Å².